The average molecular weight is 463 g/mol. The lowest BCUT2D eigenvalue weighted by molar-refractivity contribution is -0.118. The van der Waals surface area contributed by atoms with Crippen LogP contribution in [-0.2, 0) is 9.59 Å². The number of nitrogens with one attached hydrogen (secondary N) is 2. The second-order valence-electron chi connectivity index (χ2n) is 8.46. The van der Waals surface area contributed by atoms with Crippen LogP contribution in [0.25, 0.3) is 12.2 Å². The molecule has 2 amide bonds. The van der Waals surface area contributed by atoms with E-state index in [1.165, 1.54) is 12.2 Å². The molecule has 5 rings (SSSR count). The number of carbonyl (C=O) groups is 2. The number of amides is 2. The molecule has 176 valence electrons. The predicted molar refractivity (Wildman–Crippen MR) is 126 cm³/mol. The monoisotopic (exact) mass is 462 g/mol. The highest BCUT2D eigenvalue weighted by molar-refractivity contribution is 5.92. The molecule has 8 heteroatoms. The quantitative estimate of drug-likeness (QED) is 0.639. The fraction of sp³-hybridized carbons (Fsp3) is 0.308. The maximum absolute atomic E-state index is 12.3. The first-order chi connectivity index (χ1) is 16.6. The van der Waals surface area contributed by atoms with Gasteiger partial charge >= 0.3 is 0 Å². The third kappa shape index (κ3) is 5.33. The predicted octanol–water partition coefficient (Wildman–Crippen LogP) is 3.41. The van der Waals surface area contributed by atoms with Crippen molar-refractivity contribution < 1.29 is 28.5 Å². The minimum atomic E-state index is -0.128. The van der Waals surface area contributed by atoms with Gasteiger partial charge in [0, 0.05) is 24.2 Å². The Hall–Kier alpha value is -3.94. The van der Waals surface area contributed by atoms with Crippen molar-refractivity contribution in [3.8, 4) is 23.0 Å². The molecule has 1 saturated carbocycles. The summed E-state index contributed by atoms with van der Waals surface area (Å²) >= 11 is 0. The summed E-state index contributed by atoms with van der Waals surface area (Å²) in [5.74, 6) is 2.55. The fourth-order valence-corrected chi connectivity index (χ4v) is 4.26. The largest absolute Gasteiger partial charge is 0.454 e. The molecule has 1 aliphatic carbocycles. The Bertz CT molecular complexity index is 1040. The van der Waals surface area contributed by atoms with E-state index < -0.39 is 0 Å². The summed E-state index contributed by atoms with van der Waals surface area (Å²) < 4.78 is 21.3. The molecule has 2 heterocycles. The van der Waals surface area contributed by atoms with Gasteiger partial charge in [0.25, 0.3) is 0 Å². The summed E-state index contributed by atoms with van der Waals surface area (Å²) in [5, 5.41) is 6.10. The van der Waals surface area contributed by atoms with Gasteiger partial charge in [-0.1, -0.05) is 12.1 Å². The van der Waals surface area contributed by atoms with Crippen molar-refractivity contribution in [3.63, 3.8) is 0 Å². The molecule has 0 spiro atoms. The van der Waals surface area contributed by atoms with Gasteiger partial charge < -0.3 is 29.6 Å². The molecule has 34 heavy (non-hydrogen) atoms. The molecule has 0 unspecified atom stereocenters. The van der Waals surface area contributed by atoms with Crippen molar-refractivity contribution in [3.05, 3.63) is 59.7 Å². The standard InChI is InChI=1S/C26H26N2O6/c29-25(11-3-17-1-9-21-23(13-17)33-15-31-21)27-19-5-7-20(8-6-19)28-26(30)12-4-18-2-10-22-24(14-18)34-16-32-22/h1-4,9-14,19-20H,5-8,15-16H2,(H,27,29)(H,28,30). The summed E-state index contributed by atoms with van der Waals surface area (Å²) in [5.41, 5.74) is 1.75. The summed E-state index contributed by atoms with van der Waals surface area (Å²) in [6.07, 6.45) is 9.87. The molecule has 0 radical (unpaired) electrons. The van der Waals surface area contributed by atoms with Crippen molar-refractivity contribution in [1.82, 2.24) is 10.6 Å². The summed E-state index contributed by atoms with van der Waals surface area (Å²) in [7, 11) is 0. The third-order valence-corrected chi connectivity index (χ3v) is 6.07. The van der Waals surface area contributed by atoms with E-state index in [0.717, 1.165) is 36.8 Å². The van der Waals surface area contributed by atoms with Crippen molar-refractivity contribution in [2.24, 2.45) is 0 Å². The maximum atomic E-state index is 12.3. The Labute approximate surface area is 197 Å². The molecular formula is C26H26N2O6. The van der Waals surface area contributed by atoms with Gasteiger partial charge in [-0.05, 0) is 73.2 Å². The molecule has 2 N–H and O–H groups in total. The Kier molecular flexibility index (Phi) is 6.38. The Morgan fingerprint density at radius 2 is 1.06 bits per heavy atom. The lowest BCUT2D eigenvalue weighted by atomic mass is 9.91. The maximum Gasteiger partial charge on any atom is 0.244 e. The average Bonchev–Trinajstić information content (AvgIpc) is 3.51. The van der Waals surface area contributed by atoms with E-state index in [0.29, 0.717) is 23.0 Å². The van der Waals surface area contributed by atoms with Crippen LogP contribution in [0, 0.1) is 0 Å². The van der Waals surface area contributed by atoms with Crippen LogP contribution >= 0.6 is 0 Å². The van der Waals surface area contributed by atoms with Gasteiger partial charge in [-0.3, -0.25) is 9.59 Å². The van der Waals surface area contributed by atoms with E-state index in [1.807, 2.05) is 36.4 Å². The molecule has 0 atom stereocenters. The fourth-order valence-electron chi connectivity index (χ4n) is 4.26. The molecule has 0 bridgehead atoms. The minimum absolute atomic E-state index is 0.103. The van der Waals surface area contributed by atoms with E-state index in [1.54, 1.807) is 12.2 Å². The van der Waals surface area contributed by atoms with Crippen LogP contribution in [-0.4, -0.2) is 37.5 Å². The van der Waals surface area contributed by atoms with Crippen molar-refractivity contribution >= 4 is 24.0 Å². The van der Waals surface area contributed by atoms with Gasteiger partial charge in [0.05, 0.1) is 0 Å². The number of carbonyl (C=O) groups excluding carboxylic acids is 2. The molecule has 3 aliphatic rings. The number of hydrogen-bond acceptors (Lipinski definition) is 6. The van der Waals surface area contributed by atoms with Crippen LogP contribution in [0.5, 0.6) is 23.0 Å². The summed E-state index contributed by atoms with van der Waals surface area (Å²) in [4.78, 5) is 24.6. The highest BCUT2D eigenvalue weighted by Gasteiger charge is 2.22. The number of benzene rings is 2. The molecule has 2 aliphatic heterocycles. The van der Waals surface area contributed by atoms with Crippen LogP contribution in [0.1, 0.15) is 36.8 Å². The highest BCUT2D eigenvalue weighted by atomic mass is 16.7. The number of rotatable bonds is 6. The van der Waals surface area contributed by atoms with Gasteiger partial charge in [0.2, 0.25) is 25.4 Å². The van der Waals surface area contributed by atoms with Crippen molar-refractivity contribution in [2.75, 3.05) is 13.6 Å². The van der Waals surface area contributed by atoms with E-state index >= 15 is 0 Å². The third-order valence-electron chi connectivity index (χ3n) is 6.07. The second kappa shape index (κ2) is 9.91. The first kappa shape index (κ1) is 21.9. The van der Waals surface area contributed by atoms with Crippen molar-refractivity contribution in [2.45, 2.75) is 37.8 Å². The topological polar surface area (TPSA) is 95.1 Å². The summed E-state index contributed by atoms with van der Waals surface area (Å²) in [6.45, 7) is 0.449. The lowest BCUT2D eigenvalue weighted by Crippen LogP contribution is -2.43. The van der Waals surface area contributed by atoms with E-state index in [2.05, 4.69) is 10.6 Å². The zero-order valence-corrected chi connectivity index (χ0v) is 18.6. The Morgan fingerprint density at radius 3 is 1.50 bits per heavy atom. The molecule has 0 aromatic heterocycles. The number of fused-ring (bicyclic) bond motifs is 2. The van der Waals surface area contributed by atoms with Gasteiger partial charge in [-0.15, -0.1) is 0 Å². The molecule has 8 nitrogen and oxygen atoms in total. The number of hydrogen-bond donors (Lipinski definition) is 2. The SMILES string of the molecule is O=C(C=Cc1ccc2c(c1)OCO2)NC1CCC(NC(=O)C=Cc2ccc3c(c2)OCO3)CC1. The van der Waals surface area contributed by atoms with Gasteiger partial charge in [0.1, 0.15) is 0 Å². The zero-order valence-electron chi connectivity index (χ0n) is 18.6. The van der Waals surface area contributed by atoms with Crippen LogP contribution in [0.15, 0.2) is 48.6 Å². The molecule has 2 aromatic carbocycles. The first-order valence-electron chi connectivity index (χ1n) is 11.4. The smallest absolute Gasteiger partial charge is 0.244 e. The Balaban J connectivity index is 1.04. The normalized spacial score (nSPS) is 20.6. The van der Waals surface area contributed by atoms with Crippen LogP contribution in [0.3, 0.4) is 0 Å². The van der Waals surface area contributed by atoms with E-state index in [-0.39, 0.29) is 37.5 Å². The number of ether oxygens (including phenoxy) is 4. The first-order valence-corrected chi connectivity index (χ1v) is 11.4. The van der Waals surface area contributed by atoms with Crippen molar-refractivity contribution in [1.29, 1.82) is 0 Å². The minimum Gasteiger partial charge on any atom is -0.454 e. The zero-order chi connectivity index (χ0) is 23.3. The van der Waals surface area contributed by atoms with Crippen LogP contribution in [0.4, 0.5) is 0 Å². The second-order valence-corrected chi connectivity index (χ2v) is 8.46. The Morgan fingerprint density at radius 1 is 0.647 bits per heavy atom. The van der Waals surface area contributed by atoms with Crippen LogP contribution < -0.4 is 29.6 Å². The summed E-state index contributed by atoms with van der Waals surface area (Å²) in [6, 6.07) is 11.3. The molecule has 1 fully saturated rings. The molecule has 2 aromatic rings. The molecular weight excluding hydrogens is 436 g/mol. The lowest BCUT2D eigenvalue weighted by Gasteiger charge is -2.29. The van der Waals surface area contributed by atoms with Gasteiger partial charge in [0.15, 0.2) is 23.0 Å². The van der Waals surface area contributed by atoms with E-state index in [4.69, 9.17) is 18.9 Å². The highest BCUT2D eigenvalue weighted by Crippen LogP contribution is 2.33. The van der Waals surface area contributed by atoms with Crippen LogP contribution in [0.2, 0.25) is 0 Å². The van der Waals surface area contributed by atoms with E-state index in [9.17, 15) is 9.59 Å². The molecule has 0 saturated heterocycles. The van der Waals surface area contributed by atoms with Gasteiger partial charge in [-0.2, -0.15) is 0 Å². The van der Waals surface area contributed by atoms with Gasteiger partial charge in [-0.25, -0.2) is 0 Å².